The number of aliphatic hydroxyl groups excluding tert-OH is 2. The minimum Gasteiger partial charge on any atom is -0.510 e. The zero-order chi connectivity index (χ0) is 29.8. The predicted molar refractivity (Wildman–Crippen MR) is 146 cm³/mol. The monoisotopic (exact) mass is 566 g/mol. The number of aromatic hydroxyl groups is 1. The molecule has 0 saturated heterocycles. The number of ether oxygens (including phenoxy) is 1. The van der Waals surface area contributed by atoms with Gasteiger partial charge >= 0.3 is 0 Å². The molecule has 0 unspecified atom stereocenters. The van der Waals surface area contributed by atoms with E-state index in [0.29, 0.717) is 36.6 Å². The summed E-state index contributed by atoms with van der Waals surface area (Å²) in [5.41, 5.74) is -1.48. The number of Topliss-reactive ketones (excluding diaryl/α,β-unsaturated/α-hetero) is 3. The number of allylic oxidation sites excluding steroid dienone is 1. The number of phenolic OH excluding ortho intramolecular Hbond substituents is 1. The minimum absolute atomic E-state index is 0.0452. The number of methoxy groups -OCH3 is 1. The van der Waals surface area contributed by atoms with E-state index in [-0.39, 0.29) is 29.7 Å². The van der Waals surface area contributed by atoms with Gasteiger partial charge in [-0.25, -0.2) is 0 Å². The fourth-order valence-corrected chi connectivity index (χ4v) is 6.67. The van der Waals surface area contributed by atoms with Gasteiger partial charge in [-0.2, -0.15) is 0 Å². The van der Waals surface area contributed by atoms with Crippen LogP contribution in [0.1, 0.15) is 34.8 Å². The predicted octanol–water partition coefficient (Wildman–Crippen LogP) is 2.22. The topological polar surface area (TPSA) is 170 Å². The lowest BCUT2D eigenvalue weighted by atomic mass is 9.58. The smallest absolute Gasteiger partial charge is 0.209 e. The Labute approximate surface area is 236 Å². The Balaban J connectivity index is 1.63. The van der Waals surface area contributed by atoms with Crippen LogP contribution in [0.5, 0.6) is 5.75 Å². The molecular weight excluding hydrogens is 532 g/mol. The van der Waals surface area contributed by atoms with E-state index in [9.17, 15) is 34.8 Å². The second-order valence-corrected chi connectivity index (χ2v) is 11.1. The van der Waals surface area contributed by atoms with Crippen molar-refractivity contribution in [1.29, 1.82) is 0 Å². The Bertz CT molecular complexity index is 1500. The molecule has 0 aliphatic heterocycles. The highest BCUT2D eigenvalue weighted by Gasteiger charge is 2.63. The highest BCUT2D eigenvalue weighted by atomic mass is 16.5. The molecule has 3 aliphatic carbocycles. The number of rotatable bonds is 8. The first-order chi connectivity index (χ1) is 19.4. The second-order valence-electron chi connectivity index (χ2n) is 11.1. The quantitative estimate of drug-likeness (QED) is 0.235. The fraction of sp³-hybridized carbons (Fsp3) is 0.433. The molecule has 0 saturated carbocycles. The molecule has 11 heteroatoms. The molecule has 1 aromatic heterocycles. The van der Waals surface area contributed by atoms with Crippen molar-refractivity contribution in [1.82, 2.24) is 10.2 Å². The number of phenols is 1. The maximum absolute atomic E-state index is 14.0. The molecule has 0 spiro atoms. The lowest BCUT2D eigenvalue weighted by Crippen LogP contribution is -2.63. The SMILES string of the molecule is COCCNCc1ccoc1-c1ccc(O)c2c1C[C@H]1C[C@H]3[C@H](N(C)C)C(O)=C(C(C)=O)C(=O)[C@@]3(O)C(O)=C1C2=O. The third-order valence-electron chi connectivity index (χ3n) is 8.50. The first-order valence-corrected chi connectivity index (χ1v) is 13.4. The third-order valence-corrected chi connectivity index (χ3v) is 8.50. The Hall–Kier alpha value is -3.77. The van der Waals surface area contributed by atoms with Gasteiger partial charge in [-0.1, -0.05) is 0 Å². The van der Waals surface area contributed by atoms with E-state index in [1.807, 2.05) is 6.07 Å². The van der Waals surface area contributed by atoms with Crippen molar-refractivity contribution in [3.63, 3.8) is 0 Å². The van der Waals surface area contributed by atoms with E-state index >= 15 is 0 Å². The number of nitrogens with zero attached hydrogens (tertiary/aromatic N) is 1. The lowest BCUT2D eigenvalue weighted by Gasteiger charge is -2.50. The van der Waals surface area contributed by atoms with E-state index in [0.717, 1.165) is 12.5 Å². The van der Waals surface area contributed by atoms with Gasteiger partial charge in [-0.3, -0.25) is 19.3 Å². The van der Waals surface area contributed by atoms with Crippen molar-refractivity contribution >= 4 is 17.3 Å². The largest absolute Gasteiger partial charge is 0.510 e. The molecule has 0 radical (unpaired) electrons. The van der Waals surface area contributed by atoms with Gasteiger partial charge in [0.2, 0.25) is 5.78 Å². The molecule has 5 N–H and O–H groups in total. The van der Waals surface area contributed by atoms with E-state index in [1.54, 1.807) is 38.4 Å². The summed E-state index contributed by atoms with van der Waals surface area (Å²) in [5.74, 6) is -5.44. The maximum atomic E-state index is 14.0. The number of ketones is 3. The standard InChI is InChI=1S/C30H34N2O9/c1-14(33)21-26(36)24(32(2)3)19-12-16-11-18-17(27-15(7-9-41-27)13-31-8-10-40-4)5-6-20(34)23(18)25(35)22(16)29(38)30(19,39)28(21)37/h5-7,9,16,19,24,31,34,36,38-39H,8,10-13H2,1-4H3/t16-,19-,24-,30+/m0/s1. The summed E-state index contributed by atoms with van der Waals surface area (Å²) in [7, 11) is 4.87. The summed E-state index contributed by atoms with van der Waals surface area (Å²) >= 11 is 0. The molecule has 5 rings (SSSR count). The van der Waals surface area contributed by atoms with Gasteiger partial charge in [0, 0.05) is 42.8 Å². The average molecular weight is 567 g/mol. The summed E-state index contributed by atoms with van der Waals surface area (Å²) in [6.07, 6.45) is 1.78. The van der Waals surface area contributed by atoms with Gasteiger partial charge in [-0.05, 0) is 63.5 Å². The molecule has 218 valence electrons. The van der Waals surface area contributed by atoms with Crippen molar-refractivity contribution in [2.45, 2.75) is 38.0 Å². The molecular formula is C30H34N2O9. The first-order valence-electron chi connectivity index (χ1n) is 13.4. The summed E-state index contributed by atoms with van der Waals surface area (Å²) in [5, 5.41) is 48.3. The number of nitrogens with one attached hydrogen (secondary N) is 1. The second kappa shape index (κ2) is 10.6. The summed E-state index contributed by atoms with van der Waals surface area (Å²) < 4.78 is 10.9. The van der Waals surface area contributed by atoms with Crippen LogP contribution in [0.25, 0.3) is 11.3 Å². The molecule has 1 heterocycles. The normalized spacial score (nSPS) is 25.9. The number of hydrogen-bond donors (Lipinski definition) is 5. The van der Waals surface area contributed by atoms with Crippen molar-refractivity contribution in [2.75, 3.05) is 34.4 Å². The van der Waals surface area contributed by atoms with Crippen molar-refractivity contribution < 1.29 is 44.0 Å². The van der Waals surface area contributed by atoms with Gasteiger partial charge < -0.3 is 34.9 Å². The molecule has 4 atom stereocenters. The Morgan fingerprint density at radius 2 is 1.93 bits per heavy atom. The van der Waals surface area contributed by atoms with Crippen LogP contribution in [0.3, 0.4) is 0 Å². The molecule has 1 aromatic carbocycles. The van der Waals surface area contributed by atoms with E-state index in [2.05, 4.69) is 5.32 Å². The Morgan fingerprint density at radius 3 is 2.59 bits per heavy atom. The molecule has 0 bridgehead atoms. The van der Waals surface area contributed by atoms with Crippen molar-refractivity contribution in [3.8, 4) is 17.1 Å². The van der Waals surface area contributed by atoms with Crippen LogP contribution >= 0.6 is 0 Å². The molecule has 41 heavy (non-hydrogen) atoms. The summed E-state index contributed by atoms with van der Waals surface area (Å²) in [6, 6.07) is 3.88. The summed E-state index contributed by atoms with van der Waals surface area (Å²) in [6.45, 7) is 2.71. The molecule has 0 amide bonds. The van der Waals surface area contributed by atoms with Crippen LogP contribution in [0.15, 0.2) is 51.5 Å². The Kier molecular flexibility index (Phi) is 7.41. The highest BCUT2D eigenvalue weighted by molar-refractivity contribution is 6.25. The Morgan fingerprint density at radius 1 is 1.20 bits per heavy atom. The number of furan rings is 1. The molecule has 0 fully saturated rings. The number of hydrogen-bond acceptors (Lipinski definition) is 11. The number of carbonyl (C=O) groups excluding carboxylic acids is 3. The van der Waals surface area contributed by atoms with E-state index in [1.165, 1.54) is 6.07 Å². The molecule has 2 aromatic rings. The number of benzene rings is 1. The van der Waals surface area contributed by atoms with Crippen LogP contribution in [-0.2, 0) is 27.3 Å². The van der Waals surface area contributed by atoms with E-state index < -0.39 is 57.9 Å². The first kappa shape index (κ1) is 28.7. The minimum atomic E-state index is -2.60. The van der Waals surface area contributed by atoms with Crippen molar-refractivity contribution in [2.24, 2.45) is 11.8 Å². The van der Waals surface area contributed by atoms with Crippen LogP contribution in [0, 0.1) is 11.8 Å². The van der Waals surface area contributed by atoms with Crippen molar-refractivity contribution in [3.05, 3.63) is 63.8 Å². The molecule has 3 aliphatic rings. The summed E-state index contributed by atoms with van der Waals surface area (Å²) in [4.78, 5) is 41.4. The third kappa shape index (κ3) is 4.31. The van der Waals surface area contributed by atoms with Gasteiger partial charge in [0.1, 0.15) is 28.6 Å². The van der Waals surface area contributed by atoms with Gasteiger partial charge in [0.25, 0.3) is 0 Å². The van der Waals surface area contributed by atoms with E-state index in [4.69, 9.17) is 9.15 Å². The number of aliphatic hydroxyl groups is 3. The van der Waals surface area contributed by atoms with Gasteiger partial charge in [-0.15, -0.1) is 0 Å². The van der Waals surface area contributed by atoms with Crippen LogP contribution in [-0.4, -0.2) is 88.7 Å². The number of likely N-dealkylation sites (N-methyl/N-ethyl adjacent to an activating group) is 1. The maximum Gasteiger partial charge on any atom is 0.209 e. The zero-order valence-corrected chi connectivity index (χ0v) is 23.4. The fourth-order valence-electron chi connectivity index (χ4n) is 6.67. The highest BCUT2D eigenvalue weighted by Crippen LogP contribution is 2.53. The number of fused-ring (bicyclic) bond motifs is 3. The van der Waals surface area contributed by atoms with Gasteiger partial charge in [0.05, 0.1) is 24.5 Å². The lowest BCUT2D eigenvalue weighted by molar-refractivity contribution is -0.148. The van der Waals surface area contributed by atoms with Crippen LogP contribution in [0.4, 0.5) is 0 Å². The van der Waals surface area contributed by atoms with Crippen LogP contribution < -0.4 is 5.32 Å². The number of carbonyl (C=O) groups is 3. The zero-order valence-electron chi connectivity index (χ0n) is 23.4. The van der Waals surface area contributed by atoms with Gasteiger partial charge in [0.15, 0.2) is 17.2 Å². The average Bonchev–Trinajstić information content (AvgIpc) is 3.36. The van der Waals surface area contributed by atoms with Crippen LogP contribution in [0.2, 0.25) is 0 Å². The molecule has 11 nitrogen and oxygen atoms in total.